The molecule has 1 amide bonds. The fourth-order valence-corrected chi connectivity index (χ4v) is 2.69. The average molecular weight is 242 g/mol. The second kappa shape index (κ2) is 5.13. The molecule has 0 bridgehead atoms. The summed E-state index contributed by atoms with van der Waals surface area (Å²) < 4.78 is 0. The third-order valence-corrected chi connectivity index (χ3v) is 3.72. The summed E-state index contributed by atoms with van der Waals surface area (Å²) in [4.78, 5) is 14.5. The number of carbonyl (C=O) groups is 1. The first-order chi connectivity index (χ1) is 7.38. The van der Waals surface area contributed by atoms with Crippen LogP contribution in [0.2, 0.25) is 0 Å². The zero-order chi connectivity index (χ0) is 12.3. The molecule has 0 radical (unpaired) electrons. The predicted octanol–water partition coefficient (Wildman–Crippen LogP) is 1.95. The molecule has 1 unspecified atom stereocenters. The molecule has 0 aromatic rings. The molecule has 1 aliphatic rings. The number of thiocarbonyl (C=S) groups is 1. The van der Waals surface area contributed by atoms with Crippen molar-refractivity contribution >= 4 is 23.1 Å². The number of likely N-dealkylation sites (N-methyl/N-ethyl adjacent to an activating group) is 1. The topological polar surface area (TPSA) is 46.3 Å². The van der Waals surface area contributed by atoms with Crippen molar-refractivity contribution < 1.29 is 4.79 Å². The number of hydrogen-bond donors (Lipinski definition) is 1. The van der Waals surface area contributed by atoms with Crippen LogP contribution in [-0.2, 0) is 4.79 Å². The van der Waals surface area contributed by atoms with Gasteiger partial charge in [0.25, 0.3) is 0 Å². The first-order valence-electron chi connectivity index (χ1n) is 5.95. The highest BCUT2D eigenvalue weighted by Crippen LogP contribution is 2.43. The van der Waals surface area contributed by atoms with Gasteiger partial charge in [-0.2, -0.15) is 0 Å². The van der Waals surface area contributed by atoms with Gasteiger partial charge in [0.05, 0.1) is 11.5 Å². The van der Waals surface area contributed by atoms with Crippen molar-refractivity contribution in [3.05, 3.63) is 0 Å². The predicted molar refractivity (Wildman–Crippen MR) is 70.2 cm³/mol. The molecule has 92 valence electrons. The Labute approximate surface area is 103 Å². The van der Waals surface area contributed by atoms with Crippen molar-refractivity contribution in [2.24, 2.45) is 17.1 Å². The van der Waals surface area contributed by atoms with Gasteiger partial charge in [0.2, 0.25) is 5.91 Å². The van der Waals surface area contributed by atoms with Gasteiger partial charge in [0.1, 0.15) is 0 Å². The zero-order valence-corrected chi connectivity index (χ0v) is 11.3. The van der Waals surface area contributed by atoms with Crippen LogP contribution >= 0.6 is 12.2 Å². The van der Waals surface area contributed by atoms with E-state index >= 15 is 0 Å². The second-order valence-electron chi connectivity index (χ2n) is 5.25. The summed E-state index contributed by atoms with van der Waals surface area (Å²) in [6.45, 7) is 7.42. The standard InChI is InChI=1S/C12H22N2OS/c1-4-14(8-10(13)16)11(15)9-6-5-7-12(9,2)3/h9H,4-8H2,1-3H3,(H2,13,16). The van der Waals surface area contributed by atoms with E-state index in [4.69, 9.17) is 18.0 Å². The van der Waals surface area contributed by atoms with E-state index in [9.17, 15) is 4.79 Å². The molecule has 1 saturated carbocycles. The SMILES string of the molecule is CCN(CC(N)=S)C(=O)C1CCCC1(C)C. The van der Waals surface area contributed by atoms with E-state index in [-0.39, 0.29) is 17.2 Å². The summed E-state index contributed by atoms with van der Waals surface area (Å²) in [7, 11) is 0. The van der Waals surface area contributed by atoms with Gasteiger partial charge < -0.3 is 10.6 Å². The Morgan fingerprint density at radius 3 is 2.56 bits per heavy atom. The maximum Gasteiger partial charge on any atom is 0.226 e. The molecule has 0 aromatic carbocycles. The van der Waals surface area contributed by atoms with Crippen molar-refractivity contribution in [2.75, 3.05) is 13.1 Å². The molecule has 1 atom stereocenters. The van der Waals surface area contributed by atoms with Crippen molar-refractivity contribution in [3.63, 3.8) is 0 Å². The van der Waals surface area contributed by atoms with Gasteiger partial charge >= 0.3 is 0 Å². The first kappa shape index (κ1) is 13.4. The van der Waals surface area contributed by atoms with Gasteiger partial charge in [0, 0.05) is 12.5 Å². The smallest absolute Gasteiger partial charge is 0.226 e. The molecular weight excluding hydrogens is 220 g/mol. The fourth-order valence-electron chi connectivity index (χ4n) is 2.54. The monoisotopic (exact) mass is 242 g/mol. The summed E-state index contributed by atoms with van der Waals surface area (Å²) in [5.41, 5.74) is 5.64. The van der Waals surface area contributed by atoms with E-state index in [1.807, 2.05) is 6.92 Å². The Morgan fingerprint density at radius 1 is 1.56 bits per heavy atom. The van der Waals surface area contributed by atoms with Crippen LogP contribution in [0.15, 0.2) is 0 Å². The van der Waals surface area contributed by atoms with Crippen molar-refractivity contribution in [1.82, 2.24) is 4.90 Å². The molecule has 0 aliphatic heterocycles. The van der Waals surface area contributed by atoms with Crippen LogP contribution in [0.25, 0.3) is 0 Å². The highest BCUT2D eigenvalue weighted by Gasteiger charge is 2.40. The maximum absolute atomic E-state index is 12.3. The van der Waals surface area contributed by atoms with E-state index in [1.54, 1.807) is 4.90 Å². The van der Waals surface area contributed by atoms with Crippen LogP contribution < -0.4 is 5.73 Å². The van der Waals surface area contributed by atoms with Gasteiger partial charge in [-0.05, 0) is 25.2 Å². The van der Waals surface area contributed by atoms with Crippen LogP contribution in [0, 0.1) is 11.3 Å². The molecule has 0 aromatic heterocycles. The first-order valence-corrected chi connectivity index (χ1v) is 6.36. The van der Waals surface area contributed by atoms with Gasteiger partial charge in [-0.1, -0.05) is 32.5 Å². The van der Waals surface area contributed by atoms with Gasteiger partial charge in [0.15, 0.2) is 0 Å². The largest absolute Gasteiger partial charge is 0.392 e. The molecule has 2 N–H and O–H groups in total. The molecule has 1 rings (SSSR count). The van der Waals surface area contributed by atoms with E-state index in [1.165, 1.54) is 0 Å². The summed E-state index contributed by atoms with van der Waals surface area (Å²) >= 11 is 4.87. The van der Waals surface area contributed by atoms with Crippen molar-refractivity contribution in [3.8, 4) is 0 Å². The number of nitrogens with two attached hydrogens (primary N) is 1. The van der Waals surface area contributed by atoms with Crippen molar-refractivity contribution in [2.45, 2.75) is 40.0 Å². The normalized spacial score (nSPS) is 23.1. The molecule has 3 nitrogen and oxygen atoms in total. The number of rotatable bonds is 4. The summed E-state index contributed by atoms with van der Waals surface area (Å²) in [6.07, 6.45) is 3.28. The van der Waals surface area contributed by atoms with Crippen molar-refractivity contribution in [1.29, 1.82) is 0 Å². The van der Waals surface area contributed by atoms with Crippen LogP contribution in [0.1, 0.15) is 40.0 Å². The van der Waals surface area contributed by atoms with E-state index < -0.39 is 0 Å². The Kier molecular flexibility index (Phi) is 4.30. The van der Waals surface area contributed by atoms with Gasteiger partial charge in [-0.25, -0.2) is 0 Å². The summed E-state index contributed by atoms with van der Waals surface area (Å²) in [5.74, 6) is 0.361. The number of nitrogens with zero attached hydrogens (tertiary/aromatic N) is 1. The molecule has 16 heavy (non-hydrogen) atoms. The Hall–Kier alpha value is -0.640. The fraction of sp³-hybridized carbons (Fsp3) is 0.833. The molecule has 0 spiro atoms. The minimum Gasteiger partial charge on any atom is -0.392 e. The highest BCUT2D eigenvalue weighted by molar-refractivity contribution is 7.80. The lowest BCUT2D eigenvalue weighted by Gasteiger charge is -2.31. The number of amides is 1. The third-order valence-electron chi connectivity index (χ3n) is 3.60. The number of hydrogen-bond acceptors (Lipinski definition) is 2. The van der Waals surface area contributed by atoms with E-state index in [2.05, 4.69) is 13.8 Å². The van der Waals surface area contributed by atoms with Gasteiger partial charge in [-0.15, -0.1) is 0 Å². The lowest BCUT2D eigenvalue weighted by atomic mass is 9.81. The maximum atomic E-state index is 12.3. The van der Waals surface area contributed by atoms with E-state index in [0.29, 0.717) is 18.1 Å². The quantitative estimate of drug-likeness (QED) is 0.766. The third kappa shape index (κ3) is 2.94. The van der Waals surface area contributed by atoms with Crippen LogP contribution in [0.3, 0.4) is 0 Å². The molecule has 1 fully saturated rings. The summed E-state index contributed by atoms with van der Waals surface area (Å²) in [5, 5.41) is 0. The molecule has 4 heteroatoms. The second-order valence-corrected chi connectivity index (χ2v) is 5.78. The molecular formula is C12H22N2OS. The number of carbonyl (C=O) groups excluding carboxylic acids is 1. The van der Waals surface area contributed by atoms with Crippen LogP contribution in [0.4, 0.5) is 0 Å². The summed E-state index contributed by atoms with van der Waals surface area (Å²) in [6, 6.07) is 0. The Bertz CT molecular complexity index is 289. The van der Waals surface area contributed by atoms with Gasteiger partial charge in [-0.3, -0.25) is 4.79 Å². The zero-order valence-electron chi connectivity index (χ0n) is 10.5. The lowest BCUT2D eigenvalue weighted by molar-refractivity contribution is -0.137. The van der Waals surface area contributed by atoms with Crippen LogP contribution in [-0.4, -0.2) is 28.9 Å². The molecule has 0 saturated heterocycles. The Balaban J connectivity index is 2.71. The minimum atomic E-state index is 0.126. The molecule has 1 aliphatic carbocycles. The highest BCUT2D eigenvalue weighted by atomic mass is 32.1. The van der Waals surface area contributed by atoms with E-state index in [0.717, 1.165) is 19.3 Å². The average Bonchev–Trinajstić information content (AvgIpc) is 2.53. The minimum absolute atomic E-state index is 0.126. The Morgan fingerprint density at radius 2 is 2.19 bits per heavy atom. The lowest BCUT2D eigenvalue weighted by Crippen LogP contribution is -2.43. The van der Waals surface area contributed by atoms with Crippen LogP contribution in [0.5, 0.6) is 0 Å². The molecule has 0 heterocycles.